The third-order valence-electron chi connectivity index (χ3n) is 4.44. The zero-order valence-electron chi connectivity index (χ0n) is 12.5. The van der Waals surface area contributed by atoms with Crippen LogP contribution in [0.25, 0.3) is 0 Å². The first-order valence-corrected chi connectivity index (χ1v) is 8.13. The van der Waals surface area contributed by atoms with Crippen molar-refractivity contribution in [3.63, 3.8) is 0 Å². The molecule has 1 fully saturated rings. The molecule has 0 radical (unpaired) electrons. The van der Waals surface area contributed by atoms with Crippen LogP contribution in [0.15, 0.2) is 54.6 Å². The Morgan fingerprint density at radius 2 is 1.73 bits per heavy atom. The summed E-state index contributed by atoms with van der Waals surface area (Å²) in [6.45, 7) is 0.734. The number of carbonyl (C=O) groups excluding carboxylic acids is 1. The zero-order chi connectivity index (χ0) is 15.4. The van der Waals surface area contributed by atoms with Crippen LogP contribution in [0.2, 0.25) is 5.02 Å². The average Bonchev–Trinajstić information content (AvgIpc) is 3.34. The number of hydrogen-bond donors (Lipinski definition) is 1. The molecule has 3 rings (SSSR count). The predicted octanol–water partition coefficient (Wildman–Crippen LogP) is 4.12. The van der Waals surface area contributed by atoms with Crippen LogP contribution < -0.4 is 5.32 Å². The fraction of sp³-hybridized carbons (Fsp3) is 0.316. The minimum absolute atomic E-state index is 0.0992. The van der Waals surface area contributed by atoms with Crippen LogP contribution in [-0.4, -0.2) is 12.5 Å². The van der Waals surface area contributed by atoms with E-state index in [1.807, 2.05) is 30.3 Å². The maximum Gasteiger partial charge on any atom is 0.220 e. The van der Waals surface area contributed by atoms with E-state index in [0.717, 1.165) is 30.0 Å². The van der Waals surface area contributed by atoms with Crippen LogP contribution in [0, 0.1) is 0 Å². The highest BCUT2D eigenvalue weighted by Crippen LogP contribution is 2.47. The van der Waals surface area contributed by atoms with Gasteiger partial charge in [-0.2, -0.15) is 0 Å². The molecule has 1 N–H and O–H groups in total. The Morgan fingerprint density at radius 3 is 2.41 bits per heavy atom. The minimum Gasteiger partial charge on any atom is -0.355 e. The number of halogens is 1. The van der Waals surface area contributed by atoms with Gasteiger partial charge in [-0.25, -0.2) is 0 Å². The predicted molar refractivity (Wildman–Crippen MR) is 90.1 cm³/mol. The van der Waals surface area contributed by atoms with E-state index < -0.39 is 0 Å². The zero-order valence-corrected chi connectivity index (χ0v) is 13.3. The van der Waals surface area contributed by atoms with Crippen LogP contribution >= 0.6 is 11.6 Å². The molecule has 3 heteroatoms. The Kier molecular flexibility index (Phi) is 4.49. The van der Waals surface area contributed by atoms with Crippen molar-refractivity contribution < 1.29 is 4.79 Å². The van der Waals surface area contributed by atoms with Crippen LogP contribution in [0.1, 0.15) is 30.4 Å². The average molecular weight is 314 g/mol. The first kappa shape index (κ1) is 15.1. The second kappa shape index (κ2) is 6.53. The topological polar surface area (TPSA) is 29.1 Å². The molecule has 114 valence electrons. The van der Waals surface area contributed by atoms with Gasteiger partial charge in [0.15, 0.2) is 0 Å². The third-order valence-corrected chi connectivity index (χ3v) is 4.81. The minimum atomic E-state index is 0.0992. The van der Waals surface area contributed by atoms with Crippen LogP contribution in [0.5, 0.6) is 0 Å². The van der Waals surface area contributed by atoms with Crippen LogP contribution in [0.4, 0.5) is 0 Å². The molecule has 22 heavy (non-hydrogen) atoms. The largest absolute Gasteiger partial charge is 0.355 e. The van der Waals surface area contributed by atoms with E-state index in [4.69, 9.17) is 11.6 Å². The van der Waals surface area contributed by atoms with Crippen molar-refractivity contribution in [2.24, 2.45) is 0 Å². The summed E-state index contributed by atoms with van der Waals surface area (Å²) >= 11 is 6.12. The van der Waals surface area contributed by atoms with Gasteiger partial charge in [0.25, 0.3) is 0 Å². The Bertz CT molecular complexity index is 649. The highest BCUT2D eigenvalue weighted by Gasteiger charge is 2.44. The molecule has 2 aromatic carbocycles. The summed E-state index contributed by atoms with van der Waals surface area (Å²) in [7, 11) is 0. The Hall–Kier alpha value is -1.80. The van der Waals surface area contributed by atoms with Gasteiger partial charge < -0.3 is 5.32 Å². The molecule has 2 aromatic rings. The summed E-state index contributed by atoms with van der Waals surface area (Å²) in [6, 6.07) is 18.2. The van der Waals surface area contributed by atoms with Crippen molar-refractivity contribution in [1.29, 1.82) is 0 Å². The first-order chi connectivity index (χ1) is 10.7. The van der Waals surface area contributed by atoms with Gasteiger partial charge >= 0.3 is 0 Å². The molecule has 0 aromatic heterocycles. The monoisotopic (exact) mass is 313 g/mol. The smallest absolute Gasteiger partial charge is 0.220 e. The molecular formula is C19H20ClNO. The van der Waals surface area contributed by atoms with Gasteiger partial charge in [-0.05, 0) is 36.5 Å². The summed E-state index contributed by atoms with van der Waals surface area (Å²) in [5, 5.41) is 3.83. The second-order valence-corrected chi connectivity index (χ2v) is 6.42. The van der Waals surface area contributed by atoms with Crippen LogP contribution in [-0.2, 0) is 16.6 Å². The maximum absolute atomic E-state index is 12.1. The van der Waals surface area contributed by atoms with Crippen molar-refractivity contribution >= 4 is 17.5 Å². The molecule has 1 aliphatic carbocycles. The lowest BCUT2D eigenvalue weighted by Crippen LogP contribution is -2.32. The van der Waals surface area contributed by atoms with Crippen molar-refractivity contribution in [3.8, 4) is 0 Å². The fourth-order valence-corrected chi connectivity index (χ4v) is 3.05. The molecule has 0 bridgehead atoms. The number of hydrogen-bond acceptors (Lipinski definition) is 1. The number of rotatable bonds is 6. The highest BCUT2D eigenvalue weighted by molar-refractivity contribution is 6.31. The Morgan fingerprint density at radius 1 is 1.05 bits per heavy atom. The standard InChI is InChI=1S/C19H20ClNO/c20-17-9-5-4-6-15(17)10-11-18(22)21-14-19(12-13-19)16-7-2-1-3-8-16/h1-9H,10-14H2,(H,21,22). The summed E-state index contributed by atoms with van der Waals surface area (Å²) < 4.78 is 0. The van der Waals surface area contributed by atoms with Gasteiger partial charge in [0.1, 0.15) is 0 Å². The molecule has 0 atom stereocenters. The number of aryl methyl sites for hydroxylation is 1. The Balaban J connectivity index is 1.50. The van der Waals surface area contributed by atoms with Gasteiger partial charge in [0.2, 0.25) is 5.91 Å². The lowest BCUT2D eigenvalue weighted by atomic mass is 9.96. The summed E-state index contributed by atoms with van der Waals surface area (Å²) in [6.07, 6.45) is 3.47. The number of amides is 1. The maximum atomic E-state index is 12.1. The first-order valence-electron chi connectivity index (χ1n) is 7.75. The van der Waals surface area contributed by atoms with Gasteiger partial charge in [-0.15, -0.1) is 0 Å². The fourth-order valence-electron chi connectivity index (χ4n) is 2.82. The van der Waals surface area contributed by atoms with Gasteiger partial charge in [0.05, 0.1) is 0 Å². The SMILES string of the molecule is O=C(CCc1ccccc1Cl)NCC1(c2ccccc2)CC1. The molecule has 0 unspecified atom stereocenters. The molecule has 2 nitrogen and oxygen atoms in total. The van der Waals surface area contributed by atoms with E-state index in [-0.39, 0.29) is 11.3 Å². The normalized spacial score (nSPS) is 15.3. The van der Waals surface area contributed by atoms with Crippen molar-refractivity contribution in [2.75, 3.05) is 6.54 Å². The third kappa shape index (κ3) is 3.50. The van der Waals surface area contributed by atoms with E-state index in [0.29, 0.717) is 12.8 Å². The lowest BCUT2D eigenvalue weighted by Gasteiger charge is -2.16. The molecule has 0 spiro atoms. The molecule has 0 saturated heterocycles. The van der Waals surface area contributed by atoms with E-state index in [9.17, 15) is 4.79 Å². The number of benzene rings is 2. The second-order valence-electron chi connectivity index (χ2n) is 6.01. The highest BCUT2D eigenvalue weighted by atomic mass is 35.5. The molecule has 0 heterocycles. The number of nitrogens with one attached hydrogen (secondary N) is 1. The van der Waals surface area contributed by atoms with Crippen molar-refractivity contribution in [3.05, 3.63) is 70.7 Å². The molecule has 1 aliphatic rings. The molecular weight excluding hydrogens is 294 g/mol. The van der Waals surface area contributed by atoms with E-state index in [1.54, 1.807) is 0 Å². The molecule has 0 aliphatic heterocycles. The quantitative estimate of drug-likeness (QED) is 0.854. The van der Waals surface area contributed by atoms with Gasteiger partial charge in [0, 0.05) is 23.4 Å². The number of carbonyl (C=O) groups is 1. The van der Waals surface area contributed by atoms with Crippen molar-refractivity contribution in [1.82, 2.24) is 5.32 Å². The van der Waals surface area contributed by atoms with E-state index in [1.165, 1.54) is 5.56 Å². The van der Waals surface area contributed by atoms with Gasteiger partial charge in [-0.1, -0.05) is 60.1 Å². The van der Waals surface area contributed by atoms with E-state index >= 15 is 0 Å². The summed E-state index contributed by atoms with van der Waals surface area (Å²) in [5.41, 5.74) is 2.53. The summed E-state index contributed by atoms with van der Waals surface area (Å²) in [4.78, 5) is 12.1. The Labute approximate surface area is 136 Å². The molecule has 1 amide bonds. The van der Waals surface area contributed by atoms with Crippen LogP contribution in [0.3, 0.4) is 0 Å². The summed E-state index contributed by atoms with van der Waals surface area (Å²) in [5.74, 6) is 0.0992. The van der Waals surface area contributed by atoms with Gasteiger partial charge in [-0.3, -0.25) is 4.79 Å². The van der Waals surface area contributed by atoms with Crippen molar-refractivity contribution in [2.45, 2.75) is 31.1 Å². The lowest BCUT2D eigenvalue weighted by molar-refractivity contribution is -0.121. The van der Waals surface area contributed by atoms with E-state index in [2.05, 4.69) is 29.6 Å². The molecule has 1 saturated carbocycles.